The summed E-state index contributed by atoms with van der Waals surface area (Å²) in [6.45, 7) is 4.06. The van der Waals surface area contributed by atoms with Crippen LogP contribution in [0.4, 0.5) is 10.1 Å². The van der Waals surface area contributed by atoms with Gasteiger partial charge in [0, 0.05) is 22.3 Å². The standard InChI is InChI=1S/C16H15ClFN3/c1-9(2)21-15-8-12(18)3-4-14(15)20-16(21)10-5-11(17)7-13(19)6-10/h3-9H,19H2,1-2H3. The van der Waals surface area contributed by atoms with Crippen molar-refractivity contribution in [3.8, 4) is 11.4 Å². The molecule has 0 aliphatic carbocycles. The molecule has 0 unspecified atom stereocenters. The third-order valence-corrected chi connectivity index (χ3v) is 3.56. The maximum Gasteiger partial charge on any atom is 0.141 e. The number of aromatic nitrogens is 2. The van der Waals surface area contributed by atoms with Crippen molar-refractivity contribution in [2.45, 2.75) is 19.9 Å². The molecular weight excluding hydrogens is 289 g/mol. The minimum absolute atomic E-state index is 0.131. The van der Waals surface area contributed by atoms with Crippen molar-refractivity contribution < 1.29 is 4.39 Å². The lowest BCUT2D eigenvalue weighted by atomic mass is 10.2. The molecule has 0 radical (unpaired) electrons. The molecule has 1 aromatic heterocycles. The Morgan fingerprint density at radius 3 is 2.62 bits per heavy atom. The molecule has 2 aromatic carbocycles. The highest BCUT2D eigenvalue weighted by Crippen LogP contribution is 2.31. The quantitative estimate of drug-likeness (QED) is 0.700. The molecule has 0 spiro atoms. The largest absolute Gasteiger partial charge is 0.399 e. The highest BCUT2D eigenvalue weighted by atomic mass is 35.5. The number of nitrogens with two attached hydrogens (primary N) is 1. The summed E-state index contributed by atoms with van der Waals surface area (Å²) in [4.78, 5) is 4.61. The van der Waals surface area contributed by atoms with Gasteiger partial charge in [0.05, 0.1) is 11.0 Å². The Morgan fingerprint density at radius 1 is 1.19 bits per heavy atom. The van der Waals surface area contributed by atoms with Crippen LogP contribution in [-0.2, 0) is 0 Å². The lowest BCUT2D eigenvalue weighted by Gasteiger charge is -2.13. The Hall–Kier alpha value is -2.07. The summed E-state index contributed by atoms with van der Waals surface area (Å²) < 4.78 is 15.5. The number of imidazole rings is 1. The zero-order valence-electron chi connectivity index (χ0n) is 11.8. The summed E-state index contributed by atoms with van der Waals surface area (Å²) in [5.41, 5.74) is 8.77. The Labute approximate surface area is 127 Å². The monoisotopic (exact) mass is 303 g/mol. The van der Waals surface area contributed by atoms with Crippen LogP contribution in [-0.4, -0.2) is 9.55 Å². The molecule has 3 rings (SSSR count). The highest BCUT2D eigenvalue weighted by Gasteiger charge is 2.16. The molecule has 0 saturated carbocycles. The Morgan fingerprint density at radius 2 is 1.95 bits per heavy atom. The number of hydrogen-bond donors (Lipinski definition) is 1. The van der Waals surface area contributed by atoms with Gasteiger partial charge < -0.3 is 10.3 Å². The molecule has 0 bridgehead atoms. The van der Waals surface area contributed by atoms with E-state index in [0.717, 1.165) is 22.4 Å². The minimum Gasteiger partial charge on any atom is -0.399 e. The average Bonchev–Trinajstić information content (AvgIpc) is 2.76. The van der Waals surface area contributed by atoms with Gasteiger partial charge in [-0.15, -0.1) is 0 Å². The normalized spacial score (nSPS) is 11.5. The first-order valence-electron chi connectivity index (χ1n) is 6.69. The SMILES string of the molecule is CC(C)n1c(-c2cc(N)cc(Cl)c2)nc2ccc(F)cc21. The fourth-order valence-electron chi connectivity index (χ4n) is 2.53. The van der Waals surface area contributed by atoms with Gasteiger partial charge in [0.25, 0.3) is 0 Å². The number of benzene rings is 2. The predicted molar refractivity (Wildman–Crippen MR) is 84.9 cm³/mol. The zero-order chi connectivity index (χ0) is 15.1. The smallest absolute Gasteiger partial charge is 0.141 e. The van der Waals surface area contributed by atoms with E-state index in [4.69, 9.17) is 17.3 Å². The van der Waals surface area contributed by atoms with Crippen LogP contribution in [0.1, 0.15) is 19.9 Å². The number of hydrogen-bond acceptors (Lipinski definition) is 2. The fraction of sp³-hybridized carbons (Fsp3) is 0.188. The molecule has 5 heteroatoms. The summed E-state index contributed by atoms with van der Waals surface area (Å²) in [5.74, 6) is 0.459. The molecule has 0 fully saturated rings. The van der Waals surface area contributed by atoms with Crippen molar-refractivity contribution in [3.63, 3.8) is 0 Å². The van der Waals surface area contributed by atoms with Crippen molar-refractivity contribution in [3.05, 3.63) is 47.2 Å². The molecule has 0 aliphatic rings. The summed E-state index contributed by atoms with van der Waals surface area (Å²) in [5, 5.41) is 0.554. The van der Waals surface area contributed by atoms with Gasteiger partial charge in [-0.1, -0.05) is 11.6 Å². The summed E-state index contributed by atoms with van der Waals surface area (Å²) in [6, 6.07) is 10.0. The van der Waals surface area contributed by atoms with Crippen molar-refractivity contribution in [1.29, 1.82) is 0 Å². The van der Waals surface area contributed by atoms with Gasteiger partial charge in [-0.2, -0.15) is 0 Å². The molecule has 21 heavy (non-hydrogen) atoms. The number of fused-ring (bicyclic) bond motifs is 1. The number of nitrogens with zero attached hydrogens (tertiary/aromatic N) is 2. The van der Waals surface area contributed by atoms with Crippen molar-refractivity contribution in [2.24, 2.45) is 0 Å². The van der Waals surface area contributed by atoms with Crippen LogP contribution in [0.5, 0.6) is 0 Å². The fourth-order valence-corrected chi connectivity index (χ4v) is 2.78. The van der Waals surface area contributed by atoms with Crippen LogP contribution in [0, 0.1) is 5.82 Å². The van der Waals surface area contributed by atoms with E-state index in [1.807, 2.05) is 30.5 Å². The van der Waals surface area contributed by atoms with Crippen LogP contribution in [0.15, 0.2) is 36.4 Å². The van der Waals surface area contributed by atoms with Gasteiger partial charge in [-0.3, -0.25) is 0 Å². The highest BCUT2D eigenvalue weighted by molar-refractivity contribution is 6.31. The second-order valence-corrected chi connectivity index (χ2v) is 5.74. The van der Waals surface area contributed by atoms with E-state index in [1.165, 1.54) is 12.1 Å². The molecule has 108 valence electrons. The third kappa shape index (κ3) is 2.47. The van der Waals surface area contributed by atoms with Crippen molar-refractivity contribution in [2.75, 3.05) is 5.73 Å². The Bertz CT molecular complexity index is 803. The number of nitrogen functional groups attached to an aromatic ring is 1. The Balaban J connectivity index is 2.33. The van der Waals surface area contributed by atoms with E-state index in [-0.39, 0.29) is 11.9 Å². The molecule has 0 saturated heterocycles. The summed E-state index contributed by atoms with van der Waals surface area (Å²) >= 11 is 6.08. The summed E-state index contributed by atoms with van der Waals surface area (Å²) in [7, 11) is 0. The first kappa shape index (κ1) is 13.9. The van der Waals surface area contributed by atoms with E-state index >= 15 is 0 Å². The van der Waals surface area contributed by atoms with E-state index in [0.29, 0.717) is 10.7 Å². The lowest BCUT2D eigenvalue weighted by molar-refractivity contribution is 0.613. The van der Waals surface area contributed by atoms with E-state index in [2.05, 4.69) is 4.98 Å². The first-order chi connectivity index (χ1) is 9.95. The van der Waals surface area contributed by atoms with Crippen LogP contribution >= 0.6 is 11.6 Å². The van der Waals surface area contributed by atoms with Crippen LogP contribution in [0.3, 0.4) is 0 Å². The first-order valence-corrected chi connectivity index (χ1v) is 7.07. The van der Waals surface area contributed by atoms with Gasteiger partial charge in [0.15, 0.2) is 0 Å². The number of halogens is 2. The molecule has 3 nitrogen and oxygen atoms in total. The van der Waals surface area contributed by atoms with Crippen molar-refractivity contribution in [1.82, 2.24) is 9.55 Å². The topological polar surface area (TPSA) is 43.8 Å². The van der Waals surface area contributed by atoms with Gasteiger partial charge in [-0.25, -0.2) is 9.37 Å². The zero-order valence-corrected chi connectivity index (χ0v) is 12.5. The second-order valence-electron chi connectivity index (χ2n) is 5.31. The predicted octanol–water partition coefficient (Wildman–Crippen LogP) is 4.66. The number of anilines is 1. The van der Waals surface area contributed by atoms with E-state index in [1.54, 1.807) is 12.1 Å². The second kappa shape index (κ2) is 5.04. The molecule has 0 aliphatic heterocycles. The average molecular weight is 304 g/mol. The van der Waals surface area contributed by atoms with Crippen molar-refractivity contribution >= 4 is 28.3 Å². The molecule has 1 heterocycles. The number of rotatable bonds is 2. The maximum absolute atomic E-state index is 13.5. The van der Waals surface area contributed by atoms with Gasteiger partial charge in [0.1, 0.15) is 11.6 Å². The summed E-state index contributed by atoms with van der Waals surface area (Å²) in [6.07, 6.45) is 0. The van der Waals surface area contributed by atoms with Crippen LogP contribution < -0.4 is 5.73 Å². The van der Waals surface area contributed by atoms with Gasteiger partial charge in [-0.05, 0) is 50.2 Å². The van der Waals surface area contributed by atoms with Crippen LogP contribution in [0.2, 0.25) is 5.02 Å². The van der Waals surface area contributed by atoms with E-state index < -0.39 is 0 Å². The molecular formula is C16H15ClFN3. The van der Waals surface area contributed by atoms with Gasteiger partial charge >= 0.3 is 0 Å². The lowest BCUT2D eigenvalue weighted by Crippen LogP contribution is -2.03. The third-order valence-electron chi connectivity index (χ3n) is 3.35. The maximum atomic E-state index is 13.5. The Kier molecular flexibility index (Phi) is 3.33. The minimum atomic E-state index is -0.276. The molecule has 0 atom stereocenters. The molecule has 0 amide bonds. The van der Waals surface area contributed by atoms with E-state index in [9.17, 15) is 4.39 Å². The van der Waals surface area contributed by atoms with Gasteiger partial charge in [0.2, 0.25) is 0 Å². The molecule has 2 N–H and O–H groups in total. The molecule has 3 aromatic rings. The van der Waals surface area contributed by atoms with Crippen LogP contribution in [0.25, 0.3) is 22.4 Å².